The van der Waals surface area contributed by atoms with Crippen molar-refractivity contribution in [2.75, 3.05) is 24.5 Å². The van der Waals surface area contributed by atoms with Gasteiger partial charge < -0.3 is 19.9 Å². The fourth-order valence-corrected chi connectivity index (χ4v) is 4.39. The number of anilines is 1. The van der Waals surface area contributed by atoms with Crippen molar-refractivity contribution in [1.29, 1.82) is 5.26 Å². The highest BCUT2D eigenvalue weighted by atomic mass is 19.1. The second kappa shape index (κ2) is 7.77. The number of aromatic carboxylic acids is 1. The Kier molecular flexibility index (Phi) is 4.91. The Morgan fingerprint density at radius 2 is 1.97 bits per heavy atom. The van der Waals surface area contributed by atoms with E-state index in [1.807, 2.05) is 21.6 Å². The van der Waals surface area contributed by atoms with Crippen molar-refractivity contribution >= 4 is 22.6 Å². The van der Waals surface area contributed by atoms with Crippen LogP contribution in [0.15, 0.2) is 47.4 Å². The monoisotopic (exact) mass is 432 g/mol. The third-order valence-corrected chi connectivity index (χ3v) is 6.23. The van der Waals surface area contributed by atoms with Gasteiger partial charge in [-0.2, -0.15) is 5.26 Å². The molecular formula is C24H21FN4O3. The zero-order chi connectivity index (χ0) is 22.4. The number of benzene rings is 2. The van der Waals surface area contributed by atoms with Crippen molar-refractivity contribution in [1.82, 2.24) is 9.88 Å². The van der Waals surface area contributed by atoms with Gasteiger partial charge in [0.15, 0.2) is 0 Å². The zero-order valence-corrected chi connectivity index (χ0v) is 17.2. The highest BCUT2D eigenvalue weighted by molar-refractivity contribution is 5.93. The molecule has 0 radical (unpaired) electrons. The summed E-state index contributed by atoms with van der Waals surface area (Å²) in [4.78, 5) is 26.2. The van der Waals surface area contributed by atoms with Crippen molar-refractivity contribution < 1.29 is 14.3 Å². The zero-order valence-electron chi connectivity index (χ0n) is 17.2. The molecule has 1 aliphatic carbocycles. The number of carbonyl (C=O) groups is 1. The van der Waals surface area contributed by atoms with Crippen molar-refractivity contribution in [3.8, 4) is 6.07 Å². The molecule has 1 unspecified atom stereocenters. The fourth-order valence-electron chi connectivity index (χ4n) is 4.39. The van der Waals surface area contributed by atoms with Gasteiger partial charge in [-0.25, -0.2) is 9.18 Å². The van der Waals surface area contributed by atoms with Crippen LogP contribution in [0.1, 0.15) is 46.4 Å². The predicted molar refractivity (Wildman–Crippen MR) is 118 cm³/mol. The van der Waals surface area contributed by atoms with E-state index in [0.717, 1.165) is 18.4 Å². The molecule has 2 aromatic carbocycles. The number of aromatic nitrogens is 1. The number of pyridine rings is 1. The maximum atomic E-state index is 15.2. The first-order valence-electron chi connectivity index (χ1n) is 10.6. The first kappa shape index (κ1) is 20.2. The van der Waals surface area contributed by atoms with Crippen LogP contribution in [-0.2, 0) is 0 Å². The Morgan fingerprint density at radius 1 is 1.22 bits per heavy atom. The summed E-state index contributed by atoms with van der Waals surface area (Å²) in [6, 6.07) is 12.4. The number of rotatable bonds is 4. The van der Waals surface area contributed by atoms with E-state index in [1.165, 1.54) is 12.3 Å². The molecule has 0 bridgehead atoms. The van der Waals surface area contributed by atoms with Gasteiger partial charge in [-0.15, -0.1) is 0 Å². The molecule has 7 nitrogen and oxygen atoms in total. The number of fused-ring (bicyclic) bond motifs is 1. The van der Waals surface area contributed by atoms with E-state index in [1.54, 1.807) is 18.2 Å². The lowest BCUT2D eigenvalue weighted by atomic mass is 10.0. The Hall–Kier alpha value is -3.70. The lowest BCUT2D eigenvalue weighted by Crippen LogP contribution is -2.46. The van der Waals surface area contributed by atoms with Gasteiger partial charge in [-0.05, 0) is 42.7 Å². The highest BCUT2D eigenvalue weighted by Crippen LogP contribution is 2.38. The molecule has 2 N–H and O–H groups in total. The standard InChI is InChI=1S/C24H21FN4O3/c25-19-9-17-21(29(16-5-6-16)12-18(23(17)30)24(31)32)10-22(19)28-8-7-27-20(13-28)15-3-1-14(11-26)2-4-15/h1-4,9-10,12,16,20,27H,5-8,13H2,(H,31,32). The number of nitrogens with zero attached hydrogens (tertiary/aromatic N) is 3. The van der Waals surface area contributed by atoms with E-state index < -0.39 is 17.2 Å². The van der Waals surface area contributed by atoms with Crippen LogP contribution in [0.2, 0.25) is 0 Å². The van der Waals surface area contributed by atoms with Crippen LogP contribution >= 0.6 is 0 Å². The van der Waals surface area contributed by atoms with Crippen molar-refractivity contribution in [2.45, 2.75) is 24.9 Å². The van der Waals surface area contributed by atoms with Crippen molar-refractivity contribution in [2.24, 2.45) is 0 Å². The quantitative estimate of drug-likeness (QED) is 0.657. The summed E-state index contributed by atoms with van der Waals surface area (Å²) in [7, 11) is 0. The maximum absolute atomic E-state index is 15.2. The molecule has 1 atom stereocenters. The minimum absolute atomic E-state index is 0.0356. The largest absolute Gasteiger partial charge is 0.477 e. The molecule has 162 valence electrons. The van der Waals surface area contributed by atoms with Crippen LogP contribution in [0.4, 0.5) is 10.1 Å². The second-order valence-corrected chi connectivity index (χ2v) is 8.32. The summed E-state index contributed by atoms with van der Waals surface area (Å²) >= 11 is 0. The van der Waals surface area contributed by atoms with Gasteiger partial charge in [0.05, 0.1) is 22.8 Å². The van der Waals surface area contributed by atoms with Gasteiger partial charge in [-0.3, -0.25) is 4.79 Å². The Morgan fingerprint density at radius 3 is 2.62 bits per heavy atom. The molecule has 0 amide bonds. The van der Waals surface area contributed by atoms with Crippen LogP contribution in [0.25, 0.3) is 10.9 Å². The van der Waals surface area contributed by atoms with E-state index in [2.05, 4.69) is 11.4 Å². The molecule has 8 heteroatoms. The summed E-state index contributed by atoms with van der Waals surface area (Å²) in [6.45, 7) is 1.76. The first-order chi connectivity index (χ1) is 15.5. The van der Waals surface area contributed by atoms with Crippen molar-refractivity contribution in [3.63, 3.8) is 0 Å². The van der Waals surface area contributed by atoms with Crippen LogP contribution in [0, 0.1) is 17.1 Å². The van der Waals surface area contributed by atoms with Gasteiger partial charge in [0.1, 0.15) is 11.4 Å². The molecule has 5 rings (SSSR count). The predicted octanol–water partition coefficient (Wildman–Crippen LogP) is 3.20. The van der Waals surface area contributed by atoms with E-state index in [0.29, 0.717) is 36.4 Å². The number of carboxylic acids is 1. The number of hydrogen-bond donors (Lipinski definition) is 2. The molecule has 1 saturated carbocycles. The maximum Gasteiger partial charge on any atom is 0.341 e. The average molecular weight is 432 g/mol. The van der Waals surface area contributed by atoms with E-state index >= 15 is 4.39 Å². The molecule has 32 heavy (non-hydrogen) atoms. The number of piperazine rings is 1. The first-order valence-corrected chi connectivity index (χ1v) is 10.6. The summed E-state index contributed by atoms with van der Waals surface area (Å²) in [5.41, 5.74) is 1.56. The lowest BCUT2D eigenvalue weighted by Gasteiger charge is -2.36. The normalized spacial score (nSPS) is 18.5. The minimum atomic E-state index is -1.30. The smallest absolute Gasteiger partial charge is 0.341 e. The number of nitrogens with one attached hydrogen (secondary N) is 1. The SMILES string of the molecule is N#Cc1ccc(C2CN(c3cc4c(cc3F)c(=O)c(C(=O)O)cn4C3CC3)CCN2)cc1. The number of nitriles is 1. The van der Waals surface area contributed by atoms with E-state index in [4.69, 9.17) is 5.26 Å². The lowest BCUT2D eigenvalue weighted by molar-refractivity contribution is 0.0695. The molecule has 3 aromatic rings. The van der Waals surface area contributed by atoms with Gasteiger partial charge in [0.2, 0.25) is 5.43 Å². The van der Waals surface area contributed by atoms with Crippen LogP contribution in [-0.4, -0.2) is 35.3 Å². The van der Waals surface area contributed by atoms with Gasteiger partial charge >= 0.3 is 5.97 Å². The highest BCUT2D eigenvalue weighted by Gasteiger charge is 2.29. The molecule has 2 fully saturated rings. The molecule has 1 aliphatic heterocycles. The Balaban J connectivity index is 1.55. The van der Waals surface area contributed by atoms with Crippen molar-refractivity contribution in [3.05, 3.63) is 75.3 Å². The number of carboxylic acid groups (broad SMARTS) is 1. The third kappa shape index (κ3) is 3.51. The second-order valence-electron chi connectivity index (χ2n) is 8.32. The average Bonchev–Trinajstić information content (AvgIpc) is 3.64. The number of halogens is 1. The summed E-state index contributed by atoms with van der Waals surface area (Å²) in [6.07, 6.45) is 3.19. The number of hydrogen-bond acceptors (Lipinski definition) is 5. The van der Waals surface area contributed by atoms with Crippen LogP contribution in [0.5, 0.6) is 0 Å². The van der Waals surface area contributed by atoms with Gasteiger partial charge in [0.25, 0.3) is 0 Å². The van der Waals surface area contributed by atoms with E-state index in [9.17, 15) is 14.7 Å². The molecule has 2 heterocycles. The van der Waals surface area contributed by atoms with Gasteiger partial charge in [0, 0.05) is 43.3 Å². The Bertz CT molecular complexity index is 1320. The van der Waals surface area contributed by atoms with Crippen LogP contribution < -0.4 is 15.6 Å². The summed E-state index contributed by atoms with van der Waals surface area (Å²) in [5.74, 6) is -1.84. The molecular weight excluding hydrogens is 411 g/mol. The third-order valence-electron chi connectivity index (χ3n) is 6.23. The van der Waals surface area contributed by atoms with E-state index in [-0.39, 0.29) is 23.0 Å². The fraction of sp³-hybridized carbons (Fsp3) is 0.292. The molecule has 0 spiro atoms. The summed E-state index contributed by atoms with van der Waals surface area (Å²) in [5, 5.41) is 21.9. The summed E-state index contributed by atoms with van der Waals surface area (Å²) < 4.78 is 17.0. The molecule has 1 aromatic heterocycles. The van der Waals surface area contributed by atoms with Crippen LogP contribution in [0.3, 0.4) is 0 Å². The Labute approximate surface area is 183 Å². The van der Waals surface area contributed by atoms with Gasteiger partial charge in [-0.1, -0.05) is 12.1 Å². The topological polar surface area (TPSA) is 98.4 Å². The molecule has 2 aliphatic rings. The molecule has 1 saturated heterocycles. The minimum Gasteiger partial charge on any atom is -0.477 e.